The first-order valence-electron chi connectivity index (χ1n) is 9.88. The van der Waals surface area contributed by atoms with E-state index in [4.69, 9.17) is 4.74 Å². The average Bonchev–Trinajstić information content (AvgIpc) is 2.73. The van der Waals surface area contributed by atoms with Gasteiger partial charge in [0.2, 0.25) is 0 Å². The maximum absolute atomic E-state index is 13.8. The number of urea groups is 1. The monoisotopic (exact) mass is 477 g/mol. The van der Waals surface area contributed by atoms with E-state index in [9.17, 15) is 14.0 Å². The smallest absolute Gasteiger partial charge is 0.319 e. The summed E-state index contributed by atoms with van der Waals surface area (Å²) >= 11 is 3.19. The maximum Gasteiger partial charge on any atom is 0.319 e. The highest BCUT2D eigenvalue weighted by Crippen LogP contribution is 2.22. The summed E-state index contributed by atoms with van der Waals surface area (Å²) in [6, 6.07) is 11.7. The van der Waals surface area contributed by atoms with E-state index in [2.05, 4.69) is 26.6 Å². The van der Waals surface area contributed by atoms with Crippen molar-refractivity contribution in [2.45, 2.75) is 19.8 Å². The molecule has 2 aromatic carbocycles. The highest BCUT2D eigenvalue weighted by Gasteiger charge is 2.24. The number of carbonyl (C=O) groups is 2. The summed E-state index contributed by atoms with van der Waals surface area (Å²) in [4.78, 5) is 26.3. The van der Waals surface area contributed by atoms with Crippen LogP contribution in [-0.4, -0.2) is 43.1 Å². The van der Waals surface area contributed by atoms with Gasteiger partial charge in [-0.15, -0.1) is 0 Å². The third-order valence-electron chi connectivity index (χ3n) is 4.98. The fourth-order valence-electron chi connectivity index (χ4n) is 3.33. The predicted molar refractivity (Wildman–Crippen MR) is 117 cm³/mol. The number of ether oxygens (including phenoxy) is 1. The SMILES string of the molecule is Cc1ccc(NC(=O)NCC2CCCN(C(=O)COc3ccc(Br)cc3F)C2)cc1. The normalized spacial score (nSPS) is 16.1. The summed E-state index contributed by atoms with van der Waals surface area (Å²) in [5.74, 6) is -0.492. The molecule has 0 aliphatic carbocycles. The highest BCUT2D eigenvalue weighted by molar-refractivity contribution is 9.10. The molecule has 160 valence electrons. The molecule has 0 bridgehead atoms. The van der Waals surface area contributed by atoms with E-state index in [1.54, 1.807) is 11.0 Å². The molecule has 1 unspecified atom stereocenters. The zero-order valence-corrected chi connectivity index (χ0v) is 18.4. The molecule has 0 spiro atoms. The Morgan fingerprint density at radius 3 is 2.73 bits per heavy atom. The molecule has 1 aliphatic heterocycles. The number of anilines is 1. The Morgan fingerprint density at radius 2 is 2.00 bits per heavy atom. The molecule has 30 heavy (non-hydrogen) atoms. The van der Waals surface area contributed by atoms with Crippen LogP contribution >= 0.6 is 15.9 Å². The lowest BCUT2D eigenvalue weighted by Gasteiger charge is -2.32. The molecular formula is C22H25BrFN3O3. The zero-order valence-electron chi connectivity index (χ0n) is 16.8. The molecule has 2 N–H and O–H groups in total. The van der Waals surface area contributed by atoms with E-state index in [0.717, 1.165) is 24.1 Å². The van der Waals surface area contributed by atoms with Crippen molar-refractivity contribution in [1.82, 2.24) is 10.2 Å². The second-order valence-electron chi connectivity index (χ2n) is 7.41. The Hall–Kier alpha value is -2.61. The molecule has 6 nitrogen and oxygen atoms in total. The second-order valence-corrected chi connectivity index (χ2v) is 8.33. The quantitative estimate of drug-likeness (QED) is 0.649. The van der Waals surface area contributed by atoms with Crippen molar-refractivity contribution >= 4 is 33.6 Å². The van der Waals surface area contributed by atoms with Crippen molar-refractivity contribution in [2.24, 2.45) is 5.92 Å². The van der Waals surface area contributed by atoms with Gasteiger partial charge in [-0.2, -0.15) is 0 Å². The van der Waals surface area contributed by atoms with Crippen molar-refractivity contribution in [3.05, 3.63) is 58.3 Å². The van der Waals surface area contributed by atoms with E-state index in [1.165, 1.54) is 12.1 Å². The lowest BCUT2D eigenvalue weighted by atomic mass is 9.98. The Labute approximate surface area is 183 Å². The first-order chi connectivity index (χ1) is 14.4. The number of amides is 3. The minimum absolute atomic E-state index is 0.0505. The molecule has 3 amide bonds. The van der Waals surface area contributed by atoms with Crippen molar-refractivity contribution in [2.75, 3.05) is 31.6 Å². The summed E-state index contributed by atoms with van der Waals surface area (Å²) in [7, 11) is 0. The number of aryl methyl sites for hydroxylation is 1. The van der Waals surface area contributed by atoms with Gasteiger partial charge in [-0.3, -0.25) is 4.79 Å². The van der Waals surface area contributed by atoms with Gasteiger partial charge in [0.05, 0.1) is 0 Å². The van der Waals surface area contributed by atoms with Crippen LogP contribution in [-0.2, 0) is 4.79 Å². The molecule has 0 aromatic heterocycles. The van der Waals surface area contributed by atoms with Gasteiger partial charge >= 0.3 is 6.03 Å². The number of likely N-dealkylation sites (tertiary alicyclic amines) is 1. The molecule has 2 aromatic rings. The number of hydrogen-bond acceptors (Lipinski definition) is 3. The molecule has 0 radical (unpaired) electrons. The molecule has 1 fully saturated rings. The van der Waals surface area contributed by atoms with Gasteiger partial charge in [0.15, 0.2) is 18.2 Å². The first-order valence-corrected chi connectivity index (χ1v) is 10.7. The van der Waals surface area contributed by atoms with Crippen molar-refractivity contribution < 1.29 is 18.7 Å². The van der Waals surface area contributed by atoms with Crippen molar-refractivity contribution in [3.8, 4) is 5.75 Å². The number of nitrogens with zero attached hydrogens (tertiary/aromatic N) is 1. The average molecular weight is 478 g/mol. The fourth-order valence-corrected chi connectivity index (χ4v) is 3.66. The van der Waals surface area contributed by atoms with Gasteiger partial charge in [-0.25, -0.2) is 9.18 Å². The summed E-state index contributed by atoms with van der Waals surface area (Å²) in [6.07, 6.45) is 1.78. The van der Waals surface area contributed by atoms with Gasteiger partial charge in [0.1, 0.15) is 0 Å². The Morgan fingerprint density at radius 1 is 1.23 bits per heavy atom. The predicted octanol–water partition coefficient (Wildman–Crippen LogP) is 4.34. The molecule has 8 heteroatoms. The van der Waals surface area contributed by atoms with Crippen molar-refractivity contribution in [1.29, 1.82) is 0 Å². The Balaban J connectivity index is 1.43. The van der Waals surface area contributed by atoms with Crippen LogP contribution < -0.4 is 15.4 Å². The van der Waals surface area contributed by atoms with Gasteiger partial charge in [-0.05, 0) is 56.0 Å². The largest absolute Gasteiger partial charge is 0.481 e. The van der Waals surface area contributed by atoms with Crippen LogP contribution in [0.4, 0.5) is 14.9 Å². The third-order valence-corrected chi connectivity index (χ3v) is 5.47. The Bertz CT molecular complexity index is 892. The van der Waals surface area contributed by atoms with Gasteiger partial charge in [0, 0.05) is 29.8 Å². The molecule has 1 atom stereocenters. The van der Waals surface area contributed by atoms with Crippen LogP contribution in [0.25, 0.3) is 0 Å². The zero-order chi connectivity index (χ0) is 21.5. The number of nitrogens with one attached hydrogen (secondary N) is 2. The van der Waals surface area contributed by atoms with E-state index in [1.807, 2.05) is 31.2 Å². The minimum atomic E-state index is -0.516. The van der Waals surface area contributed by atoms with Crippen LogP contribution in [0.15, 0.2) is 46.9 Å². The fraction of sp³-hybridized carbons (Fsp3) is 0.364. The van der Waals surface area contributed by atoms with Gasteiger partial charge < -0.3 is 20.3 Å². The highest BCUT2D eigenvalue weighted by atomic mass is 79.9. The van der Waals surface area contributed by atoms with Crippen LogP contribution in [0.3, 0.4) is 0 Å². The van der Waals surface area contributed by atoms with Crippen LogP contribution in [0.2, 0.25) is 0 Å². The lowest BCUT2D eigenvalue weighted by Crippen LogP contribution is -2.45. The number of hydrogen-bond donors (Lipinski definition) is 2. The number of benzene rings is 2. The summed E-state index contributed by atoms with van der Waals surface area (Å²) < 4.78 is 19.8. The van der Waals surface area contributed by atoms with E-state index < -0.39 is 5.82 Å². The Kier molecular flexibility index (Phi) is 7.68. The summed E-state index contributed by atoms with van der Waals surface area (Å²) in [5.41, 5.74) is 1.86. The lowest BCUT2D eigenvalue weighted by molar-refractivity contribution is -0.135. The summed E-state index contributed by atoms with van der Waals surface area (Å²) in [6.45, 7) is 3.42. The first kappa shape index (κ1) is 22.1. The summed E-state index contributed by atoms with van der Waals surface area (Å²) in [5, 5.41) is 5.67. The standard InChI is InChI=1S/C22H25BrFN3O3/c1-15-4-7-18(8-5-15)26-22(29)25-12-16-3-2-10-27(13-16)21(28)14-30-20-9-6-17(23)11-19(20)24/h4-9,11,16H,2-3,10,12-14H2,1H3,(H2,25,26,29). The van der Waals surface area contributed by atoms with Gasteiger partial charge in [0.25, 0.3) is 5.91 Å². The van der Waals surface area contributed by atoms with E-state index in [0.29, 0.717) is 24.1 Å². The number of rotatable bonds is 6. The van der Waals surface area contributed by atoms with Crippen LogP contribution in [0.5, 0.6) is 5.75 Å². The molecular weight excluding hydrogens is 453 g/mol. The molecule has 3 rings (SSSR count). The minimum Gasteiger partial charge on any atom is -0.481 e. The number of carbonyl (C=O) groups excluding carboxylic acids is 2. The van der Waals surface area contributed by atoms with Crippen LogP contribution in [0.1, 0.15) is 18.4 Å². The van der Waals surface area contributed by atoms with E-state index >= 15 is 0 Å². The molecule has 1 heterocycles. The van der Waals surface area contributed by atoms with Gasteiger partial charge in [-0.1, -0.05) is 33.6 Å². The topological polar surface area (TPSA) is 70.7 Å². The number of piperidine rings is 1. The molecule has 1 saturated heterocycles. The van der Waals surface area contributed by atoms with Crippen molar-refractivity contribution in [3.63, 3.8) is 0 Å². The third kappa shape index (κ3) is 6.45. The maximum atomic E-state index is 13.8. The molecule has 0 saturated carbocycles. The molecule has 1 aliphatic rings. The second kappa shape index (κ2) is 10.4. The van der Waals surface area contributed by atoms with Crippen LogP contribution in [0, 0.1) is 18.7 Å². The van der Waals surface area contributed by atoms with E-state index in [-0.39, 0.29) is 30.2 Å². The number of halogens is 2.